The molecular formula is C18H24ClN5O3S. The molecule has 2 aromatic rings. The lowest BCUT2D eigenvalue weighted by molar-refractivity contribution is 0.402. The van der Waals surface area contributed by atoms with Gasteiger partial charge in [0, 0.05) is 43.0 Å². The Hall–Kier alpha value is -2.10. The van der Waals surface area contributed by atoms with Gasteiger partial charge in [-0.15, -0.1) is 0 Å². The number of benzene rings is 1. The van der Waals surface area contributed by atoms with Crippen LogP contribution in [-0.2, 0) is 10.0 Å². The van der Waals surface area contributed by atoms with E-state index in [4.69, 9.17) is 16.3 Å². The first kappa shape index (κ1) is 20.6. The van der Waals surface area contributed by atoms with Crippen molar-refractivity contribution in [3.05, 3.63) is 35.0 Å². The van der Waals surface area contributed by atoms with E-state index in [2.05, 4.69) is 24.9 Å². The van der Waals surface area contributed by atoms with Crippen LogP contribution in [0, 0.1) is 6.92 Å². The number of nitrogens with one attached hydrogen (secondary N) is 2. The first-order valence-corrected chi connectivity index (χ1v) is 10.9. The molecule has 1 aromatic carbocycles. The van der Waals surface area contributed by atoms with Gasteiger partial charge < -0.3 is 15.0 Å². The molecule has 0 atom stereocenters. The molecule has 0 bridgehead atoms. The van der Waals surface area contributed by atoms with Gasteiger partial charge in [-0.2, -0.15) is 4.98 Å². The van der Waals surface area contributed by atoms with E-state index in [0.29, 0.717) is 17.5 Å². The molecule has 3 rings (SSSR count). The Morgan fingerprint density at radius 3 is 2.64 bits per heavy atom. The summed E-state index contributed by atoms with van der Waals surface area (Å²) in [6.07, 6.45) is 2.33. The lowest BCUT2D eigenvalue weighted by Crippen LogP contribution is -2.29. The van der Waals surface area contributed by atoms with Crippen molar-refractivity contribution < 1.29 is 13.2 Å². The van der Waals surface area contributed by atoms with Crippen molar-refractivity contribution in [2.45, 2.75) is 24.7 Å². The summed E-state index contributed by atoms with van der Waals surface area (Å²) >= 11 is 5.92. The van der Waals surface area contributed by atoms with Gasteiger partial charge in [0.25, 0.3) is 0 Å². The Bertz CT molecular complexity index is 933. The van der Waals surface area contributed by atoms with Crippen LogP contribution in [0.2, 0.25) is 5.02 Å². The van der Waals surface area contributed by atoms with Crippen LogP contribution >= 0.6 is 11.6 Å². The number of rotatable bonds is 8. The maximum atomic E-state index is 12.5. The van der Waals surface area contributed by atoms with E-state index in [-0.39, 0.29) is 17.2 Å². The second kappa shape index (κ2) is 8.93. The number of aromatic nitrogens is 2. The van der Waals surface area contributed by atoms with Gasteiger partial charge in [0.1, 0.15) is 16.5 Å². The Balaban J connectivity index is 1.60. The number of nitrogens with zero attached hydrogens (tertiary/aromatic N) is 3. The van der Waals surface area contributed by atoms with Crippen LogP contribution in [0.25, 0.3) is 0 Å². The normalized spacial score (nSPS) is 14.3. The van der Waals surface area contributed by atoms with Crippen molar-refractivity contribution in [3.8, 4) is 5.75 Å². The van der Waals surface area contributed by atoms with Gasteiger partial charge in [-0.25, -0.2) is 18.1 Å². The SMILES string of the molecule is COc1ccc(Cl)cc1S(=O)(=O)NCCNc1nc(C)cc(N2CCCC2)n1. The molecule has 1 fully saturated rings. The predicted molar refractivity (Wildman–Crippen MR) is 110 cm³/mol. The fourth-order valence-corrected chi connectivity index (χ4v) is 4.50. The molecule has 0 amide bonds. The third kappa shape index (κ3) is 5.03. The van der Waals surface area contributed by atoms with E-state index >= 15 is 0 Å². The molecule has 0 radical (unpaired) electrons. The molecule has 1 saturated heterocycles. The second-order valence-electron chi connectivity index (χ2n) is 6.51. The van der Waals surface area contributed by atoms with Crippen molar-refractivity contribution in [2.75, 3.05) is 43.5 Å². The number of methoxy groups -OCH3 is 1. The highest BCUT2D eigenvalue weighted by Crippen LogP contribution is 2.26. The molecule has 1 aliphatic rings. The summed E-state index contributed by atoms with van der Waals surface area (Å²) in [6.45, 7) is 4.41. The Kier molecular flexibility index (Phi) is 6.58. The quantitative estimate of drug-likeness (QED) is 0.627. The van der Waals surface area contributed by atoms with Crippen LogP contribution in [0.1, 0.15) is 18.5 Å². The van der Waals surface area contributed by atoms with E-state index in [0.717, 1.165) is 24.6 Å². The summed E-state index contributed by atoms with van der Waals surface area (Å²) in [6, 6.07) is 6.43. The molecule has 8 nitrogen and oxygen atoms in total. The van der Waals surface area contributed by atoms with Crippen molar-refractivity contribution in [1.82, 2.24) is 14.7 Å². The van der Waals surface area contributed by atoms with Crippen LogP contribution < -0.4 is 19.7 Å². The maximum absolute atomic E-state index is 12.5. The first-order valence-electron chi connectivity index (χ1n) is 9.07. The lowest BCUT2D eigenvalue weighted by atomic mass is 10.3. The standard InChI is InChI=1S/C18H24ClN5O3S/c1-13-11-17(24-9-3-4-10-24)23-18(22-13)20-7-8-21-28(25,26)16-12-14(19)5-6-15(16)27-2/h5-6,11-12,21H,3-4,7-10H2,1-2H3,(H,20,22,23). The monoisotopic (exact) mass is 425 g/mol. The number of anilines is 2. The maximum Gasteiger partial charge on any atom is 0.244 e. The van der Waals surface area contributed by atoms with Crippen LogP contribution in [-0.4, -0.2) is 51.7 Å². The van der Waals surface area contributed by atoms with E-state index in [1.165, 1.54) is 32.1 Å². The van der Waals surface area contributed by atoms with E-state index in [1.54, 1.807) is 6.07 Å². The Labute approximate surface area is 170 Å². The largest absolute Gasteiger partial charge is 0.495 e. The smallest absolute Gasteiger partial charge is 0.244 e. The highest BCUT2D eigenvalue weighted by atomic mass is 35.5. The van der Waals surface area contributed by atoms with Crippen molar-refractivity contribution in [1.29, 1.82) is 0 Å². The molecule has 28 heavy (non-hydrogen) atoms. The Morgan fingerprint density at radius 1 is 1.18 bits per heavy atom. The number of hydrogen-bond donors (Lipinski definition) is 2. The Morgan fingerprint density at radius 2 is 1.93 bits per heavy atom. The summed E-state index contributed by atoms with van der Waals surface area (Å²) in [4.78, 5) is 11.1. The molecule has 0 unspecified atom stereocenters. The molecule has 1 aromatic heterocycles. The molecule has 0 saturated carbocycles. The zero-order valence-corrected chi connectivity index (χ0v) is 17.5. The molecule has 1 aliphatic heterocycles. The van der Waals surface area contributed by atoms with Gasteiger partial charge in [-0.3, -0.25) is 0 Å². The summed E-state index contributed by atoms with van der Waals surface area (Å²) in [5.74, 6) is 1.63. The number of ether oxygens (including phenoxy) is 1. The van der Waals surface area contributed by atoms with Crippen LogP contribution in [0.4, 0.5) is 11.8 Å². The molecule has 0 spiro atoms. The summed E-state index contributed by atoms with van der Waals surface area (Å²) in [5.41, 5.74) is 0.864. The van der Waals surface area contributed by atoms with Crippen molar-refractivity contribution in [2.24, 2.45) is 0 Å². The van der Waals surface area contributed by atoms with Gasteiger partial charge in [-0.1, -0.05) is 11.6 Å². The number of hydrogen-bond acceptors (Lipinski definition) is 7. The highest BCUT2D eigenvalue weighted by molar-refractivity contribution is 7.89. The van der Waals surface area contributed by atoms with Crippen molar-refractivity contribution >= 4 is 33.4 Å². The highest BCUT2D eigenvalue weighted by Gasteiger charge is 2.20. The third-order valence-corrected chi connectivity index (χ3v) is 6.10. The zero-order valence-electron chi connectivity index (χ0n) is 15.9. The average molecular weight is 426 g/mol. The van der Waals surface area contributed by atoms with Gasteiger partial charge in [-0.05, 0) is 38.0 Å². The first-order chi connectivity index (χ1) is 13.4. The van der Waals surface area contributed by atoms with Gasteiger partial charge in [0.05, 0.1) is 7.11 Å². The van der Waals surface area contributed by atoms with Crippen LogP contribution in [0.5, 0.6) is 5.75 Å². The van der Waals surface area contributed by atoms with Gasteiger partial charge in [0.2, 0.25) is 16.0 Å². The summed E-state index contributed by atoms with van der Waals surface area (Å²) in [7, 11) is -2.34. The molecule has 2 heterocycles. The van der Waals surface area contributed by atoms with Gasteiger partial charge >= 0.3 is 0 Å². The molecule has 10 heteroatoms. The fraction of sp³-hybridized carbons (Fsp3) is 0.444. The summed E-state index contributed by atoms with van der Waals surface area (Å²) in [5, 5.41) is 3.40. The zero-order chi connectivity index (χ0) is 20.1. The fourth-order valence-electron chi connectivity index (χ4n) is 3.04. The summed E-state index contributed by atoms with van der Waals surface area (Å²) < 4.78 is 32.7. The van der Waals surface area contributed by atoms with Gasteiger partial charge in [0.15, 0.2) is 0 Å². The van der Waals surface area contributed by atoms with Crippen LogP contribution in [0.3, 0.4) is 0 Å². The third-order valence-electron chi connectivity index (χ3n) is 4.39. The van der Waals surface area contributed by atoms with Crippen molar-refractivity contribution in [3.63, 3.8) is 0 Å². The minimum atomic E-state index is -3.76. The molecular weight excluding hydrogens is 402 g/mol. The minimum Gasteiger partial charge on any atom is -0.495 e. The van der Waals surface area contributed by atoms with E-state index in [9.17, 15) is 8.42 Å². The topological polar surface area (TPSA) is 96.5 Å². The van der Waals surface area contributed by atoms with Crippen LogP contribution in [0.15, 0.2) is 29.2 Å². The number of halogens is 1. The lowest BCUT2D eigenvalue weighted by Gasteiger charge is -2.17. The number of sulfonamides is 1. The molecule has 152 valence electrons. The average Bonchev–Trinajstić information content (AvgIpc) is 3.20. The minimum absolute atomic E-state index is 0.00521. The second-order valence-corrected chi connectivity index (χ2v) is 8.68. The van der Waals surface area contributed by atoms with E-state index in [1.807, 2.05) is 13.0 Å². The van der Waals surface area contributed by atoms with E-state index < -0.39 is 10.0 Å². The number of aryl methyl sites for hydroxylation is 1. The predicted octanol–water partition coefficient (Wildman–Crippen LogP) is 2.44. The molecule has 2 N–H and O–H groups in total. The molecule has 0 aliphatic carbocycles.